The van der Waals surface area contributed by atoms with Crippen molar-refractivity contribution in [1.82, 2.24) is 0 Å². The maximum absolute atomic E-state index is 11.7. The molecule has 0 aromatic heterocycles. The van der Waals surface area contributed by atoms with Crippen LogP contribution in [-0.2, 0) is 14.3 Å². The van der Waals surface area contributed by atoms with E-state index in [-0.39, 0.29) is 5.91 Å². The van der Waals surface area contributed by atoms with E-state index in [4.69, 9.17) is 9.47 Å². The zero-order valence-corrected chi connectivity index (χ0v) is 11.6. The van der Waals surface area contributed by atoms with Gasteiger partial charge < -0.3 is 14.8 Å². The van der Waals surface area contributed by atoms with Crippen LogP contribution < -0.4 is 10.1 Å². The number of hydrogen-bond donors (Lipinski definition) is 1. The van der Waals surface area contributed by atoms with Gasteiger partial charge in [-0.1, -0.05) is 6.07 Å². The molecule has 1 rings (SSSR count). The third-order valence-corrected chi connectivity index (χ3v) is 2.29. The lowest BCUT2D eigenvalue weighted by atomic mass is 10.1. The summed E-state index contributed by atoms with van der Waals surface area (Å²) < 4.78 is 10.6. The lowest BCUT2D eigenvalue weighted by molar-refractivity contribution is -0.158. The summed E-state index contributed by atoms with van der Waals surface area (Å²) in [5.74, 6) is -0.106. The maximum Gasteiger partial charge on any atom is 0.349 e. The van der Waals surface area contributed by atoms with Crippen LogP contribution in [0.25, 0.3) is 0 Å². The average Bonchev–Trinajstić information content (AvgIpc) is 2.28. The quantitative estimate of drug-likeness (QED) is 0.830. The Morgan fingerprint density at radius 1 is 1.32 bits per heavy atom. The van der Waals surface area contributed by atoms with Gasteiger partial charge in [0.05, 0.1) is 6.61 Å². The van der Waals surface area contributed by atoms with Gasteiger partial charge in [0, 0.05) is 18.7 Å². The van der Waals surface area contributed by atoms with Crippen molar-refractivity contribution in [2.75, 3.05) is 11.9 Å². The second kappa shape index (κ2) is 6.22. The van der Waals surface area contributed by atoms with E-state index in [0.717, 1.165) is 0 Å². The minimum atomic E-state index is -1.08. The van der Waals surface area contributed by atoms with Gasteiger partial charge in [-0.3, -0.25) is 4.79 Å². The standard InChI is InChI=1S/C14H19NO4/c1-5-18-13(17)14(3,4)19-12-8-6-7-11(9-12)15-10(2)16/h6-9H,5H2,1-4H3,(H,15,16). The zero-order chi connectivity index (χ0) is 14.5. The minimum Gasteiger partial charge on any atom is -0.476 e. The van der Waals surface area contributed by atoms with Crippen molar-refractivity contribution in [1.29, 1.82) is 0 Å². The zero-order valence-electron chi connectivity index (χ0n) is 11.6. The predicted octanol–water partition coefficient (Wildman–Crippen LogP) is 2.37. The van der Waals surface area contributed by atoms with Crippen molar-refractivity contribution in [3.8, 4) is 5.75 Å². The van der Waals surface area contributed by atoms with Crippen molar-refractivity contribution in [3.05, 3.63) is 24.3 Å². The third-order valence-electron chi connectivity index (χ3n) is 2.29. The van der Waals surface area contributed by atoms with Crippen LogP contribution in [-0.4, -0.2) is 24.1 Å². The van der Waals surface area contributed by atoms with Crippen LogP contribution in [0.15, 0.2) is 24.3 Å². The monoisotopic (exact) mass is 265 g/mol. The van der Waals surface area contributed by atoms with E-state index < -0.39 is 11.6 Å². The van der Waals surface area contributed by atoms with Crippen molar-refractivity contribution >= 4 is 17.6 Å². The van der Waals surface area contributed by atoms with Crippen LogP contribution in [0.4, 0.5) is 5.69 Å². The highest BCUT2D eigenvalue weighted by atomic mass is 16.6. The molecular formula is C14H19NO4. The molecule has 0 radical (unpaired) electrons. The molecule has 0 bridgehead atoms. The fourth-order valence-electron chi connectivity index (χ4n) is 1.48. The van der Waals surface area contributed by atoms with E-state index in [1.165, 1.54) is 6.92 Å². The Labute approximate surface area is 112 Å². The number of benzene rings is 1. The lowest BCUT2D eigenvalue weighted by Gasteiger charge is -2.24. The molecule has 1 aromatic carbocycles. The van der Waals surface area contributed by atoms with E-state index in [9.17, 15) is 9.59 Å². The third kappa shape index (κ3) is 4.62. The molecule has 0 aliphatic rings. The van der Waals surface area contributed by atoms with Gasteiger partial charge in [-0.25, -0.2) is 4.79 Å². The molecule has 0 saturated heterocycles. The van der Waals surface area contributed by atoms with Crippen molar-refractivity contribution in [2.24, 2.45) is 0 Å². The number of anilines is 1. The minimum absolute atomic E-state index is 0.165. The molecule has 5 nitrogen and oxygen atoms in total. The highest BCUT2D eigenvalue weighted by Gasteiger charge is 2.31. The van der Waals surface area contributed by atoms with Gasteiger partial charge in [-0.05, 0) is 32.9 Å². The first-order chi connectivity index (χ1) is 8.85. The van der Waals surface area contributed by atoms with Crippen molar-refractivity contribution < 1.29 is 19.1 Å². The number of carbonyl (C=O) groups is 2. The summed E-state index contributed by atoms with van der Waals surface area (Å²) in [6.07, 6.45) is 0. The molecule has 104 valence electrons. The molecule has 0 unspecified atom stereocenters. The Morgan fingerprint density at radius 3 is 2.58 bits per heavy atom. The van der Waals surface area contributed by atoms with Gasteiger partial charge in [0.25, 0.3) is 0 Å². The molecule has 1 amide bonds. The fraction of sp³-hybridized carbons (Fsp3) is 0.429. The number of ether oxygens (including phenoxy) is 2. The molecular weight excluding hydrogens is 246 g/mol. The summed E-state index contributed by atoms with van der Waals surface area (Å²) in [4.78, 5) is 22.7. The van der Waals surface area contributed by atoms with Crippen LogP contribution in [0.1, 0.15) is 27.7 Å². The maximum atomic E-state index is 11.7. The normalized spacial score (nSPS) is 10.7. The lowest BCUT2D eigenvalue weighted by Crippen LogP contribution is -2.39. The largest absolute Gasteiger partial charge is 0.476 e. The second-order valence-corrected chi connectivity index (χ2v) is 4.54. The number of esters is 1. The summed E-state index contributed by atoms with van der Waals surface area (Å²) in [6.45, 7) is 6.74. The second-order valence-electron chi connectivity index (χ2n) is 4.54. The van der Waals surface area contributed by atoms with Gasteiger partial charge in [-0.2, -0.15) is 0 Å². The Hall–Kier alpha value is -2.04. The van der Waals surface area contributed by atoms with E-state index in [2.05, 4.69) is 5.32 Å². The summed E-state index contributed by atoms with van der Waals surface area (Å²) in [5.41, 5.74) is -0.463. The molecule has 0 atom stereocenters. The van der Waals surface area contributed by atoms with Crippen LogP contribution in [0.5, 0.6) is 5.75 Å². The van der Waals surface area contributed by atoms with Crippen molar-refractivity contribution in [2.45, 2.75) is 33.3 Å². The SMILES string of the molecule is CCOC(=O)C(C)(C)Oc1cccc(NC(C)=O)c1. The van der Waals surface area contributed by atoms with Crippen molar-refractivity contribution in [3.63, 3.8) is 0 Å². The molecule has 0 saturated carbocycles. The summed E-state index contributed by atoms with van der Waals surface area (Å²) in [5, 5.41) is 2.65. The first-order valence-corrected chi connectivity index (χ1v) is 6.09. The first kappa shape index (κ1) is 15.0. The summed E-state index contributed by atoms with van der Waals surface area (Å²) >= 11 is 0. The Morgan fingerprint density at radius 2 is 2.00 bits per heavy atom. The summed E-state index contributed by atoms with van der Waals surface area (Å²) in [7, 11) is 0. The number of nitrogens with one attached hydrogen (secondary N) is 1. The van der Waals surface area contributed by atoms with Crippen LogP contribution in [0, 0.1) is 0 Å². The molecule has 19 heavy (non-hydrogen) atoms. The summed E-state index contributed by atoms with van der Waals surface area (Å²) in [6, 6.07) is 6.85. The Balaban J connectivity index is 2.81. The highest BCUT2D eigenvalue weighted by Crippen LogP contribution is 2.23. The number of rotatable bonds is 5. The molecule has 0 spiro atoms. The van der Waals surface area contributed by atoms with Gasteiger partial charge in [0.2, 0.25) is 5.91 Å². The number of hydrogen-bond acceptors (Lipinski definition) is 4. The van der Waals surface area contributed by atoms with E-state index >= 15 is 0 Å². The van der Waals surface area contributed by atoms with Crippen LogP contribution in [0.3, 0.4) is 0 Å². The molecule has 1 aromatic rings. The molecule has 0 fully saturated rings. The van der Waals surface area contributed by atoms with Gasteiger partial charge >= 0.3 is 5.97 Å². The van der Waals surface area contributed by atoms with Crippen LogP contribution in [0.2, 0.25) is 0 Å². The topological polar surface area (TPSA) is 64.6 Å². The molecule has 0 heterocycles. The van der Waals surface area contributed by atoms with Gasteiger partial charge in [0.15, 0.2) is 5.60 Å². The predicted molar refractivity (Wildman–Crippen MR) is 72.1 cm³/mol. The molecule has 0 aliphatic heterocycles. The molecule has 1 N–H and O–H groups in total. The fourth-order valence-corrected chi connectivity index (χ4v) is 1.48. The van der Waals surface area contributed by atoms with Crippen LogP contribution >= 0.6 is 0 Å². The van der Waals surface area contributed by atoms with E-state index in [1.807, 2.05) is 0 Å². The van der Waals surface area contributed by atoms with Gasteiger partial charge in [0.1, 0.15) is 5.75 Å². The highest BCUT2D eigenvalue weighted by molar-refractivity contribution is 5.88. The number of amides is 1. The van der Waals surface area contributed by atoms with Gasteiger partial charge in [-0.15, -0.1) is 0 Å². The molecule has 0 aliphatic carbocycles. The first-order valence-electron chi connectivity index (χ1n) is 6.09. The smallest absolute Gasteiger partial charge is 0.349 e. The molecule has 5 heteroatoms. The average molecular weight is 265 g/mol. The number of carbonyl (C=O) groups excluding carboxylic acids is 2. The van der Waals surface area contributed by atoms with E-state index in [0.29, 0.717) is 18.0 Å². The van der Waals surface area contributed by atoms with E-state index in [1.54, 1.807) is 45.0 Å². The Kier molecular flexibility index (Phi) is 4.92. The Bertz CT molecular complexity index is 468.